The summed E-state index contributed by atoms with van der Waals surface area (Å²) in [4.78, 5) is 0. The zero-order valence-corrected chi connectivity index (χ0v) is 11.2. The fourth-order valence-corrected chi connectivity index (χ4v) is 1.87. The Balaban J connectivity index is 5.06. The maximum atomic E-state index is 9.31. The third-order valence-corrected chi connectivity index (χ3v) is 4.09. The fourth-order valence-electron chi connectivity index (χ4n) is 1.87. The maximum Gasteiger partial charge on any atom is 0.137 e. The first-order valence-corrected chi connectivity index (χ1v) is 5.98. The smallest absolute Gasteiger partial charge is 0.137 e. The summed E-state index contributed by atoms with van der Waals surface area (Å²) in [5, 5.41) is 18.1. The number of aliphatic hydroxyl groups excluding tert-OH is 2. The molecule has 0 spiro atoms. The second-order valence-electron chi connectivity index (χ2n) is 4.99. The van der Waals surface area contributed by atoms with Crippen LogP contribution in [0.5, 0.6) is 0 Å². The van der Waals surface area contributed by atoms with Crippen molar-refractivity contribution in [2.75, 3.05) is 13.2 Å². The minimum Gasteiger partial charge on any atom is -0.512 e. The van der Waals surface area contributed by atoms with Crippen molar-refractivity contribution in [1.82, 2.24) is 0 Å². The van der Waals surface area contributed by atoms with Gasteiger partial charge in [-0.15, -0.1) is 0 Å². The predicted molar refractivity (Wildman–Crippen MR) is 66.2 cm³/mol. The zero-order chi connectivity index (χ0) is 12.8. The third kappa shape index (κ3) is 2.91. The topological polar surface area (TPSA) is 49.7 Å². The van der Waals surface area contributed by atoms with Crippen LogP contribution in [0.25, 0.3) is 0 Å². The number of ether oxygens (including phenoxy) is 1. The van der Waals surface area contributed by atoms with E-state index in [1.165, 1.54) is 0 Å². The van der Waals surface area contributed by atoms with Gasteiger partial charge in [0.2, 0.25) is 0 Å². The molecule has 0 rings (SSSR count). The predicted octanol–water partition coefficient (Wildman–Crippen LogP) is 3.25. The van der Waals surface area contributed by atoms with E-state index in [2.05, 4.69) is 34.6 Å². The first-order chi connectivity index (χ1) is 7.39. The van der Waals surface area contributed by atoms with E-state index in [0.717, 1.165) is 19.1 Å². The van der Waals surface area contributed by atoms with E-state index in [9.17, 15) is 5.11 Å². The summed E-state index contributed by atoms with van der Waals surface area (Å²) in [5.74, 6) is 0.566. The summed E-state index contributed by atoms with van der Waals surface area (Å²) in [7, 11) is 0. The van der Waals surface area contributed by atoms with Crippen LogP contribution < -0.4 is 0 Å². The van der Waals surface area contributed by atoms with E-state index >= 15 is 0 Å². The monoisotopic (exact) mass is 230 g/mol. The number of hydrogen-bond donors (Lipinski definition) is 2. The highest BCUT2D eigenvalue weighted by molar-refractivity contribution is 5.09. The molecular weight excluding hydrogens is 204 g/mol. The van der Waals surface area contributed by atoms with Gasteiger partial charge >= 0.3 is 0 Å². The van der Waals surface area contributed by atoms with Crippen LogP contribution in [0.3, 0.4) is 0 Å². The molecule has 3 nitrogen and oxygen atoms in total. The number of hydrogen-bond acceptors (Lipinski definition) is 3. The molecule has 0 fully saturated rings. The van der Waals surface area contributed by atoms with E-state index in [1.807, 2.05) is 0 Å². The molecule has 0 aromatic rings. The molecule has 0 heterocycles. The summed E-state index contributed by atoms with van der Waals surface area (Å²) < 4.78 is 5.45. The number of aliphatic hydroxyl groups is 2. The normalized spacial score (nSPS) is 17.0. The van der Waals surface area contributed by atoms with Crippen molar-refractivity contribution < 1.29 is 14.9 Å². The Morgan fingerprint density at radius 1 is 1.19 bits per heavy atom. The van der Waals surface area contributed by atoms with E-state index in [1.54, 1.807) is 0 Å². The van der Waals surface area contributed by atoms with Gasteiger partial charge in [0, 0.05) is 5.41 Å². The van der Waals surface area contributed by atoms with Gasteiger partial charge in [-0.3, -0.25) is 0 Å². The Hall–Kier alpha value is -0.700. The third-order valence-electron chi connectivity index (χ3n) is 4.09. The van der Waals surface area contributed by atoms with E-state index in [4.69, 9.17) is 9.84 Å². The van der Waals surface area contributed by atoms with Crippen molar-refractivity contribution in [2.24, 2.45) is 10.8 Å². The fraction of sp³-hybridized carbons (Fsp3) is 0.846. The van der Waals surface area contributed by atoms with Crippen LogP contribution in [-0.4, -0.2) is 23.4 Å². The Morgan fingerprint density at radius 3 is 2.06 bits per heavy atom. The molecule has 0 aliphatic carbocycles. The van der Waals surface area contributed by atoms with Crippen molar-refractivity contribution in [3.63, 3.8) is 0 Å². The summed E-state index contributed by atoms with van der Waals surface area (Å²) in [5.41, 5.74) is -0.183. The standard InChI is InChI=1S/C13H26O3/c1-6-12(3,4)13(5,7-2)11(10-15)16-9-8-14/h10,14-15H,6-9H2,1-5H3/b11-10-. The van der Waals surface area contributed by atoms with Crippen LogP contribution in [0, 0.1) is 10.8 Å². The molecule has 96 valence electrons. The van der Waals surface area contributed by atoms with Crippen molar-refractivity contribution in [3.05, 3.63) is 12.0 Å². The lowest BCUT2D eigenvalue weighted by Crippen LogP contribution is -2.37. The Bertz CT molecular complexity index is 233. The van der Waals surface area contributed by atoms with E-state index < -0.39 is 0 Å². The first kappa shape index (κ1) is 15.3. The molecule has 1 unspecified atom stereocenters. The highest BCUT2D eigenvalue weighted by atomic mass is 16.5. The molecule has 0 radical (unpaired) electrons. The lowest BCUT2D eigenvalue weighted by molar-refractivity contribution is 0.0202. The Kier molecular flexibility index (Phi) is 5.87. The highest BCUT2D eigenvalue weighted by Gasteiger charge is 2.42. The second-order valence-corrected chi connectivity index (χ2v) is 4.99. The molecule has 0 aromatic carbocycles. The molecule has 0 bridgehead atoms. The summed E-state index contributed by atoms with van der Waals surface area (Å²) in [6.45, 7) is 10.8. The van der Waals surface area contributed by atoms with Gasteiger partial charge in [0.05, 0.1) is 6.61 Å². The van der Waals surface area contributed by atoms with Gasteiger partial charge in [-0.2, -0.15) is 0 Å². The molecule has 0 amide bonds. The van der Waals surface area contributed by atoms with E-state index in [-0.39, 0.29) is 24.0 Å². The minimum atomic E-state index is -0.217. The lowest BCUT2D eigenvalue weighted by atomic mass is 9.62. The van der Waals surface area contributed by atoms with Crippen LogP contribution >= 0.6 is 0 Å². The van der Waals surface area contributed by atoms with Crippen LogP contribution in [0.2, 0.25) is 0 Å². The van der Waals surface area contributed by atoms with E-state index in [0.29, 0.717) is 5.76 Å². The van der Waals surface area contributed by atoms with Gasteiger partial charge in [-0.25, -0.2) is 0 Å². The second kappa shape index (κ2) is 6.14. The summed E-state index contributed by atoms with van der Waals surface area (Å²) in [6.07, 6.45) is 2.92. The first-order valence-electron chi connectivity index (χ1n) is 5.98. The van der Waals surface area contributed by atoms with Crippen LogP contribution in [0.15, 0.2) is 12.0 Å². The quantitative estimate of drug-likeness (QED) is 0.660. The van der Waals surface area contributed by atoms with Crippen LogP contribution in [-0.2, 0) is 4.74 Å². The highest BCUT2D eigenvalue weighted by Crippen LogP contribution is 2.49. The molecule has 3 heteroatoms. The number of rotatable bonds is 7. The maximum absolute atomic E-state index is 9.31. The van der Waals surface area contributed by atoms with Gasteiger partial charge < -0.3 is 14.9 Å². The molecule has 0 aliphatic rings. The summed E-state index contributed by atoms with van der Waals surface area (Å²) in [6, 6.07) is 0. The van der Waals surface area contributed by atoms with Crippen molar-refractivity contribution >= 4 is 0 Å². The zero-order valence-electron chi connectivity index (χ0n) is 11.2. The molecule has 0 aromatic heterocycles. The van der Waals surface area contributed by atoms with Gasteiger partial charge in [-0.1, -0.05) is 41.0 Å². The van der Waals surface area contributed by atoms with Crippen molar-refractivity contribution in [3.8, 4) is 0 Å². The minimum absolute atomic E-state index is 0.0335. The van der Waals surface area contributed by atoms with Crippen molar-refractivity contribution in [1.29, 1.82) is 0 Å². The Morgan fingerprint density at radius 2 is 1.75 bits per heavy atom. The Labute approximate surface area is 99.1 Å². The molecule has 1 atom stereocenters. The molecule has 16 heavy (non-hydrogen) atoms. The van der Waals surface area contributed by atoms with Crippen LogP contribution in [0.1, 0.15) is 47.5 Å². The van der Waals surface area contributed by atoms with Gasteiger partial charge in [0.15, 0.2) is 0 Å². The average Bonchev–Trinajstić information content (AvgIpc) is 2.29. The van der Waals surface area contributed by atoms with Gasteiger partial charge in [-0.05, 0) is 11.8 Å². The van der Waals surface area contributed by atoms with Gasteiger partial charge in [0.1, 0.15) is 18.6 Å². The van der Waals surface area contributed by atoms with Crippen LogP contribution in [0.4, 0.5) is 0 Å². The molecule has 0 saturated heterocycles. The summed E-state index contributed by atoms with van der Waals surface area (Å²) >= 11 is 0. The SMILES string of the molecule is CCC(C)(C)C(C)(CC)/C(=C/O)OCCO. The number of allylic oxidation sites excluding steroid dienone is 1. The largest absolute Gasteiger partial charge is 0.512 e. The molecule has 2 N–H and O–H groups in total. The molecule has 0 saturated carbocycles. The molecular formula is C13H26O3. The molecule has 0 aliphatic heterocycles. The van der Waals surface area contributed by atoms with Crippen molar-refractivity contribution in [2.45, 2.75) is 47.5 Å². The average molecular weight is 230 g/mol. The van der Waals surface area contributed by atoms with Gasteiger partial charge in [0.25, 0.3) is 0 Å². The lowest BCUT2D eigenvalue weighted by Gasteiger charge is -2.44.